The number of hydrogen-bond donors (Lipinski definition) is 0. The maximum absolute atomic E-state index is 5.11. The molecule has 1 aromatic carbocycles. The molecule has 2 nitrogen and oxygen atoms in total. The fraction of sp³-hybridized carbons (Fsp3) is 0.154. The van der Waals surface area contributed by atoms with E-state index in [2.05, 4.69) is 17.1 Å². The zero-order chi connectivity index (χ0) is 11.2. The largest absolute Gasteiger partial charge is 0.497 e. The van der Waals surface area contributed by atoms with E-state index in [9.17, 15) is 0 Å². The van der Waals surface area contributed by atoms with Gasteiger partial charge in [-0.3, -0.25) is 4.98 Å². The summed E-state index contributed by atoms with van der Waals surface area (Å²) < 4.78 is 5.11. The summed E-state index contributed by atoms with van der Waals surface area (Å²) in [5, 5.41) is 0. The van der Waals surface area contributed by atoms with Crippen LogP contribution in [0.5, 0.6) is 5.75 Å². The monoisotopic (exact) mass is 267 g/mol. The maximum Gasteiger partial charge on any atom is 0.118 e. The van der Waals surface area contributed by atoms with Gasteiger partial charge in [0, 0.05) is 16.8 Å². The Morgan fingerprint density at radius 3 is 2.47 bits per heavy atom. The van der Waals surface area contributed by atoms with Gasteiger partial charge in [0.2, 0.25) is 0 Å². The number of halogens is 1. The van der Waals surface area contributed by atoms with Crippen molar-refractivity contribution in [1.29, 1.82) is 0 Å². The zero-order valence-electron chi connectivity index (χ0n) is 9.50. The SMILES string of the molecule is COc1ccc(SCc2ccccn2)cc1.Cl. The molecule has 0 saturated carbocycles. The lowest BCUT2D eigenvalue weighted by Crippen LogP contribution is -1.85. The Morgan fingerprint density at radius 2 is 1.88 bits per heavy atom. The minimum atomic E-state index is 0. The molecule has 0 atom stereocenters. The van der Waals surface area contributed by atoms with Gasteiger partial charge in [0.05, 0.1) is 12.8 Å². The molecule has 90 valence electrons. The Hall–Kier alpha value is -1.19. The van der Waals surface area contributed by atoms with Crippen LogP contribution < -0.4 is 4.74 Å². The highest BCUT2D eigenvalue weighted by Crippen LogP contribution is 2.23. The van der Waals surface area contributed by atoms with E-state index >= 15 is 0 Å². The third-order valence-corrected chi connectivity index (χ3v) is 3.22. The fourth-order valence-electron chi connectivity index (χ4n) is 1.31. The first-order chi connectivity index (χ1) is 7.88. The van der Waals surface area contributed by atoms with Gasteiger partial charge in [0.15, 0.2) is 0 Å². The van der Waals surface area contributed by atoms with Crippen LogP contribution in [0.25, 0.3) is 0 Å². The first kappa shape index (κ1) is 13.9. The Balaban J connectivity index is 0.00000144. The predicted molar refractivity (Wildman–Crippen MR) is 74.0 cm³/mol. The van der Waals surface area contributed by atoms with Gasteiger partial charge in [0.1, 0.15) is 5.75 Å². The second-order valence-corrected chi connectivity index (χ2v) is 4.33. The number of hydrogen-bond acceptors (Lipinski definition) is 3. The number of rotatable bonds is 4. The molecule has 0 radical (unpaired) electrons. The van der Waals surface area contributed by atoms with Crippen LogP contribution in [0.15, 0.2) is 53.6 Å². The van der Waals surface area contributed by atoms with Gasteiger partial charge in [-0.2, -0.15) is 0 Å². The molecule has 17 heavy (non-hydrogen) atoms. The lowest BCUT2D eigenvalue weighted by atomic mass is 10.3. The summed E-state index contributed by atoms with van der Waals surface area (Å²) in [6.45, 7) is 0. The second-order valence-electron chi connectivity index (χ2n) is 3.29. The lowest BCUT2D eigenvalue weighted by Gasteiger charge is -2.03. The molecule has 1 aromatic heterocycles. The number of thioether (sulfide) groups is 1. The molecule has 0 aliphatic rings. The molecule has 0 spiro atoms. The molecule has 0 N–H and O–H groups in total. The lowest BCUT2D eigenvalue weighted by molar-refractivity contribution is 0.414. The number of aromatic nitrogens is 1. The maximum atomic E-state index is 5.11. The van der Waals surface area contributed by atoms with E-state index in [-0.39, 0.29) is 12.4 Å². The van der Waals surface area contributed by atoms with Crippen LogP contribution >= 0.6 is 24.2 Å². The number of methoxy groups -OCH3 is 1. The first-order valence-electron chi connectivity index (χ1n) is 5.05. The normalized spacial score (nSPS) is 9.47. The molecule has 1 heterocycles. The number of benzene rings is 1. The average Bonchev–Trinajstić information content (AvgIpc) is 2.38. The van der Waals surface area contributed by atoms with Gasteiger partial charge in [0.25, 0.3) is 0 Å². The van der Waals surface area contributed by atoms with E-state index in [0.29, 0.717) is 0 Å². The van der Waals surface area contributed by atoms with Crippen molar-refractivity contribution >= 4 is 24.2 Å². The highest BCUT2D eigenvalue weighted by Gasteiger charge is 1.97. The predicted octanol–water partition coefficient (Wildman–Crippen LogP) is 3.80. The standard InChI is InChI=1S/C13H13NOS.ClH/c1-15-12-5-7-13(8-6-12)16-10-11-4-2-3-9-14-11;/h2-9H,10H2,1H3;1H. The van der Waals surface area contributed by atoms with Gasteiger partial charge in [-0.1, -0.05) is 6.07 Å². The van der Waals surface area contributed by atoms with E-state index in [1.165, 1.54) is 4.90 Å². The van der Waals surface area contributed by atoms with Crippen molar-refractivity contribution in [2.24, 2.45) is 0 Å². The summed E-state index contributed by atoms with van der Waals surface area (Å²) in [6.07, 6.45) is 1.82. The Kier molecular flexibility index (Phi) is 5.87. The molecule has 0 aliphatic heterocycles. The van der Waals surface area contributed by atoms with E-state index in [1.54, 1.807) is 18.9 Å². The molecule has 2 aromatic rings. The second kappa shape index (κ2) is 7.20. The van der Waals surface area contributed by atoms with Crippen LogP contribution in [0, 0.1) is 0 Å². The van der Waals surface area contributed by atoms with E-state index in [1.807, 2.05) is 36.5 Å². The van der Waals surface area contributed by atoms with Gasteiger partial charge in [-0.15, -0.1) is 24.2 Å². The van der Waals surface area contributed by atoms with Crippen molar-refractivity contribution in [2.45, 2.75) is 10.6 Å². The van der Waals surface area contributed by atoms with Crippen molar-refractivity contribution in [3.63, 3.8) is 0 Å². The van der Waals surface area contributed by atoms with Crippen LogP contribution in [0.2, 0.25) is 0 Å². The smallest absolute Gasteiger partial charge is 0.118 e. The van der Waals surface area contributed by atoms with Gasteiger partial charge in [-0.25, -0.2) is 0 Å². The third kappa shape index (κ3) is 4.29. The molecular formula is C13H14ClNOS. The molecule has 4 heteroatoms. The zero-order valence-corrected chi connectivity index (χ0v) is 11.1. The highest BCUT2D eigenvalue weighted by atomic mass is 35.5. The third-order valence-electron chi connectivity index (χ3n) is 2.17. The molecule has 0 saturated heterocycles. The molecule has 0 unspecified atom stereocenters. The highest BCUT2D eigenvalue weighted by molar-refractivity contribution is 7.98. The summed E-state index contributed by atoms with van der Waals surface area (Å²) >= 11 is 1.77. The van der Waals surface area contributed by atoms with Crippen LogP contribution in [-0.4, -0.2) is 12.1 Å². The summed E-state index contributed by atoms with van der Waals surface area (Å²) in [5.74, 6) is 1.79. The van der Waals surface area contributed by atoms with Gasteiger partial charge < -0.3 is 4.74 Å². The molecule has 2 rings (SSSR count). The van der Waals surface area contributed by atoms with Crippen molar-refractivity contribution in [2.75, 3.05) is 7.11 Å². The summed E-state index contributed by atoms with van der Waals surface area (Å²) in [5.41, 5.74) is 1.10. The number of ether oxygens (including phenoxy) is 1. The Bertz CT molecular complexity index is 433. The average molecular weight is 268 g/mol. The van der Waals surface area contributed by atoms with Gasteiger partial charge in [-0.05, 0) is 36.4 Å². The Labute approximate surface area is 112 Å². The van der Waals surface area contributed by atoms with Crippen LogP contribution in [0.1, 0.15) is 5.69 Å². The first-order valence-corrected chi connectivity index (χ1v) is 6.04. The molecule has 0 bridgehead atoms. The molecule has 0 amide bonds. The van der Waals surface area contributed by atoms with Crippen LogP contribution in [0.4, 0.5) is 0 Å². The Morgan fingerprint density at radius 1 is 1.12 bits per heavy atom. The van der Waals surface area contributed by atoms with Crippen molar-refractivity contribution in [3.8, 4) is 5.75 Å². The van der Waals surface area contributed by atoms with Crippen molar-refractivity contribution in [3.05, 3.63) is 54.4 Å². The summed E-state index contributed by atoms with van der Waals surface area (Å²) in [4.78, 5) is 5.51. The van der Waals surface area contributed by atoms with Crippen molar-refractivity contribution in [1.82, 2.24) is 4.98 Å². The minimum absolute atomic E-state index is 0. The van der Waals surface area contributed by atoms with Crippen LogP contribution in [0.3, 0.4) is 0 Å². The quantitative estimate of drug-likeness (QED) is 0.787. The minimum Gasteiger partial charge on any atom is -0.497 e. The molecule has 0 aliphatic carbocycles. The van der Waals surface area contributed by atoms with Crippen LogP contribution in [-0.2, 0) is 5.75 Å². The van der Waals surface area contributed by atoms with E-state index in [0.717, 1.165) is 17.2 Å². The molecular weight excluding hydrogens is 254 g/mol. The summed E-state index contributed by atoms with van der Waals surface area (Å²) in [6, 6.07) is 14.1. The topological polar surface area (TPSA) is 22.1 Å². The van der Waals surface area contributed by atoms with E-state index in [4.69, 9.17) is 4.74 Å². The molecule has 0 fully saturated rings. The summed E-state index contributed by atoms with van der Waals surface area (Å²) in [7, 11) is 1.68. The number of pyridine rings is 1. The van der Waals surface area contributed by atoms with Crippen molar-refractivity contribution < 1.29 is 4.74 Å². The van der Waals surface area contributed by atoms with E-state index < -0.39 is 0 Å². The number of nitrogens with zero attached hydrogens (tertiary/aromatic N) is 1. The fourth-order valence-corrected chi connectivity index (χ4v) is 2.13. The van der Waals surface area contributed by atoms with Gasteiger partial charge >= 0.3 is 0 Å².